The number of hydrogen-bond acceptors (Lipinski definition) is 2. The summed E-state index contributed by atoms with van der Waals surface area (Å²) in [6, 6.07) is 16.7. The molecular weight excluding hydrogens is 258 g/mol. The highest BCUT2D eigenvalue weighted by atomic mass is 15.1. The van der Waals surface area contributed by atoms with Crippen LogP contribution in [-0.2, 0) is 0 Å². The molecular formula is C18H20N3+. The maximum atomic E-state index is 4.85. The molecule has 0 aromatic heterocycles. The van der Waals surface area contributed by atoms with Crippen LogP contribution in [0.3, 0.4) is 0 Å². The van der Waals surface area contributed by atoms with Crippen molar-refractivity contribution in [3.8, 4) is 0 Å². The first-order valence-electron chi connectivity index (χ1n) is 7.11. The number of nitrogens with zero attached hydrogens (tertiary/aromatic N) is 3. The minimum absolute atomic E-state index is 0.986. The number of aliphatic imine (C=N–C) groups is 1. The summed E-state index contributed by atoms with van der Waals surface area (Å²) >= 11 is 0. The van der Waals surface area contributed by atoms with Gasteiger partial charge >= 0.3 is 0 Å². The molecule has 3 heteroatoms. The number of benzene rings is 2. The normalized spacial score (nSPS) is 15.5. The van der Waals surface area contributed by atoms with Gasteiger partial charge in [0, 0.05) is 32.8 Å². The van der Waals surface area contributed by atoms with Crippen LogP contribution in [0.5, 0.6) is 0 Å². The second kappa shape index (κ2) is 5.17. The molecule has 0 bridgehead atoms. The minimum atomic E-state index is 0.986. The average molecular weight is 278 g/mol. The van der Waals surface area contributed by atoms with Gasteiger partial charge in [0.05, 0.1) is 11.3 Å². The fraction of sp³-hybridized carbons (Fsp3) is 0.222. The molecule has 3 rings (SSSR count). The molecule has 1 aliphatic rings. The Labute approximate surface area is 125 Å². The topological polar surface area (TPSA) is 18.6 Å². The van der Waals surface area contributed by atoms with E-state index in [1.54, 1.807) is 0 Å². The van der Waals surface area contributed by atoms with Crippen LogP contribution in [0.2, 0.25) is 0 Å². The summed E-state index contributed by atoms with van der Waals surface area (Å²) in [5, 5.41) is 0. The quantitative estimate of drug-likeness (QED) is 0.768. The molecule has 21 heavy (non-hydrogen) atoms. The lowest BCUT2D eigenvalue weighted by atomic mass is 10.1. The lowest BCUT2D eigenvalue weighted by Crippen LogP contribution is -2.12. The maximum Gasteiger partial charge on any atom is 0.214 e. The molecule has 0 aliphatic carbocycles. The van der Waals surface area contributed by atoms with Crippen molar-refractivity contribution in [1.82, 2.24) is 0 Å². The highest BCUT2D eigenvalue weighted by Crippen LogP contribution is 2.28. The molecule has 0 atom stereocenters. The first-order chi connectivity index (χ1) is 10.1. The van der Waals surface area contributed by atoms with Crippen LogP contribution in [0.25, 0.3) is 0 Å². The number of para-hydroxylation sites is 1. The molecule has 0 amide bonds. The van der Waals surface area contributed by atoms with Crippen LogP contribution in [-0.4, -0.2) is 37.1 Å². The van der Waals surface area contributed by atoms with E-state index in [-0.39, 0.29) is 0 Å². The van der Waals surface area contributed by atoms with Gasteiger partial charge in [0.25, 0.3) is 0 Å². The van der Waals surface area contributed by atoms with Crippen LogP contribution < -0.4 is 4.90 Å². The predicted octanol–water partition coefficient (Wildman–Crippen LogP) is 3.62. The van der Waals surface area contributed by atoms with E-state index in [2.05, 4.69) is 72.0 Å². The summed E-state index contributed by atoms with van der Waals surface area (Å²) in [6.45, 7) is 2.12. The van der Waals surface area contributed by atoms with E-state index in [4.69, 9.17) is 4.99 Å². The zero-order valence-corrected chi connectivity index (χ0v) is 13.0. The SMILES string of the molecule is CC1=[N+](C)c2ccccc2/C1=N/c1ccc(N(C)C)cc1. The van der Waals surface area contributed by atoms with Crippen molar-refractivity contribution in [3.63, 3.8) is 0 Å². The third-order valence-electron chi connectivity index (χ3n) is 3.97. The Bertz CT molecular complexity index is 737. The average Bonchev–Trinajstić information content (AvgIpc) is 2.73. The van der Waals surface area contributed by atoms with Crippen molar-refractivity contribution in [3.05, 3.63) is 54.1 Å². The van der Waals surface area contributed by atoms with E-state index < -0.39 is 0 Å². The molecule has 0 N–H and O–H groups in total. The second-order valence-electron chi connectivity index (χ2n) is 5.53. The van der Waals surface area contributed by atoms with Crippen molar-refractivity contribution in [2.75, 3.05) is 26.0 Å². The third-order valence-corrected chi connectivity index (χ3v) is 3.97. The highest BCUT2D eigenvalue weighted by molar-refractivity contribution is 6.49. The first-order valence-corrected chi connectivity index (χ1v) is 7.11. The van der Waals surface area contributed by atoms with Gasteiger partial charge in [0.2, 0.25) is 11.4 Å². The Kier molecular flexibility index (Phi) is 3.34. The smallest absolute Gasteiger partial charge is 0.214 e. The van der Waals surface area contributed by atoms with Crippen molar-refractivity contribution < 1.29 is 4.58 Å². The number of fused-ring (bicyclic) bond motifs is 1. The second-order valence-corrected chi connectivity index (χ2v) is 5.53. The van der Waals surface area contributed by atoms with E-state index in [1.165, 1.54) is 22.6 Å². The summed E-state index contributed by atoms with van der Waals surface area (Å²) in [6.07, 6.45) is 0. The molecule has 1 aliphatic heterocycles. The Morgan fingerprint density at radius 1 is 0.952 bits per heavy atom. The van der Waals surface area contributed by atoms with Gasteiger partial charge in [-0.1, -0.05) is 12.1 Å². The zero-order chi connectivity index (χ0) is 15.0. The van der Waals surface area contributed by atoms with Gasteiger partial charge in [0.15, 0.2) is 0 Å². The zero-order valence-electron chi connectivity index (χ0n) is 13.0. The lowest BCUT2D eigenvalue weighted by molar-refractivity contribution is -0.400. The summed E-state index contributed by atoms with van der Waals surface area (Å²) in [7, 11) is 6.17. The fourth-order valence-electron chi connectivity index (χ4n) is 2.60. The van der Waals surface area contributed by atoms with Gasteiger partial charge in [-0.15, -0.1) is 0 Å². The Balaban J connectivity index is 2.04. The maximum absolute atomic E-state index is 4.85. The van der Waals surface area contributed by atoms with Crippen molar-refractivity contribution in [2.24, 2.45) is 4.99 Å². The van der Waals surface area contributed by atoms with Crippen LogP contribution in [0, 0.1) is 0 Å². The van der Waals surface area contributed by atoms with Crippen LogP contribution in [0.1, 0.15) is 12.5 Å². The van der Waals surface area contributed by atoms with E-state index in [0.29, 0.717) is 0 Å². The third kappa shape index (κ3) is 2.35. The highest BCUT2D eigenvalue weighted by Gasteiger charge is 2.30. The number of anilines is 1. The lowest BCUT2D eigenvalue weighted by Gasteiger charge is -2.11. The summed E-state index contributed by atoms with van der Waals surface area (Å²) in [5.74, 6) is 0. The monoisotopic (exact) mass is 278 g/mol. The van der Waals surface area contributed by atoms with Crippen LogP contribution >= 0.6 is 0 Å². The molecule has 0 spiro atoms. The number of hydrogen-bond donors (Lipinski definition) is 0. The molecule has 1 heterocycles. The van der Waals surface area contributed by atoms with Gasteiger partial charge < -0.3 is 4.90 Å². The Morgan fingerprint density at radius 2 is 1.62 bits per heavy atom. The van der Waals surface area contributed by atoms with E-state index in [0.717, 1.165) is 11.4 Å². The summed E-state index contributed by atoms with van der Waals surface area (Å²) in [5.41, 5.74) is 6.84. The molecule has 0 radical (unpaired) electrons. The van der Waals surface area contributed by atoms with Crippen molar-refractivity contribution >= 4 is 28.5 Å². The molecule has 0 saturated heterocycles. The standard InChI is InChI=1S/C18H20N3/c1-13-18(16-7-5-6-8-17(16)21(13)4)19-14-9-11-15(12-10-14)20(2)3/h5-12H,1-4H3/q+1. The minimum Gasteiger partial charge on any atom is -0.378 e. The van der Waals surface area contributed by atoms with Gasteiger partial charge in [0.1, 0.15) is 12.8 Å². The van der Waals surface area contributed by atoms with Crippen LogP contribution in [0.4, 0.5) is 17.1 Å². The van der Waals surface area contributed by atoms with Crippen molar-refractivity contribution in [2.45, 2.75) is 6.92 Å². The molecule has 2 aromatic rings. The van der Waals surface area contributed by atoms with Crippen LogP contribution in [0.15, 0.2) is 53.5 Å². The largest absolute Gasteiger partial charge is 0.378 e. The molecule has 3 nitrogen and oxygen atoms in total. The Morgan fingerprint density at radius 3 is 2.29 bits per heavy atom. The van der Waals surface area contributed by atoms with Crippen molar-refractivity contribution in [1.29, 1.82) is 0 Å². The van der Waals surface area contributed by atoms with E-state index in [1.807, 2.05) is 14.1 Å². The molecule has 106 valence electrons. The molecule has 0 unspecified atom stereocenters. The summed E-state index contributed by atoms with van der Waals surface area (Å²) < 4.78 is 2.20. The predicted molar refractivity (Wildman–Crippen MR) is 89.9 cm³/mol. The fourth-order valence-corrected chi connectivity index (χ4v) is 2.60. The van der Waals surface area contributed by atoms with Gasteiger partial charge in [-0.3, -0.25) is 0 Å². The Hall–Kier alpha value is -2.42. The number of rotatable bonds is 2. The molecule has 0 saturated carbocycles. The molecule has 2 aromatic carbocycles. The summed E-state index contributed by atoms with van der Waals surface area (Å²) in [4.78, 5) is 6.94. The molecule has 0 fully saturated rings. The van der Waals surface area contributed by atoms with E-state index in [9.17, 15) is 0 Å². The van der Waals surface area contributed by atoms with E-state index >= 15 is 0 Å². The van der Waals surface area contributed by atoms with Gasteiger partial charge in [-0.25, -0.2) is 4.99 Å². The van der Waals surface area contributed by atoms with Gasteiger partial charge in [-0.05, 0) is 30.3 Å². The first kappa shape index (κ1) is 13.6. The van der Waals surface area contributed by atoms with Gasteiger partial charge in [-0.2, -0.15) is 4.58 Å².